The standard InChI is InChI=1S/C29H29N3O2/c33-28(31-23-16-8-3-9-17-23)27(21-12-4-1-5-13-21)32-26-19-11-10-18-24(26)25(29(32)34)20-30-22-14-6-2-7-15-22/h1-2,4-7,10-15,18-20,23,27,30H,3,8-9,16-17H2,(H,31,33)/b25-20-. The van der Waals surface area contributed by atoms with Crippen molar-refractivity contribution in [2.75, 3.05) is 10.2 Å². The van der Waals surface area contributed by atoms with Gasteiger partial charge in [-0.3, -0.25) is 14.5 Å². The summed E-state index contributed by atoms with van der Waals surface area (Å²) in [7, 11) is 0. The number of anilines is 2. The van der Waals surface area contributed by atoms with Crippen LogP contribution in [0.15, 0.2) is 91.1 Å². The fourth-order valence-corrected chi connectivity index (χ4v) is 4.93. The van der Waals surface area contributed by atoms with Gasteiger partial charge in [-0.05, 0) is 36.6 Å². The highest BCUT2D eigenvalue weighted by Crippen LogP contribution is 2.42. The second-order valence-corrected chi connectivity index (χ2v) is 8.92. The van der Waals surface area contributed by atoms with E-state index in [-0.39, 0.29) is 17.9 Å². The van der Waals surface area contributed by atoms with E-state index in [0.29, 0.717) is 5.57 Å². The van der Waals surface area contributed by atoms with Crippen LogP contribution in [-0.4, -0.2) is 17.9 Å². The Morgan fingerprint density at radius 3 is 2.24 bits per heavy atom. The number of rotatable bonds is 6. The summed E-state index contributed by atoms with van der Waals surface area (Å²) < 4.78 is 0. The summed E-state index contributed by atoms with van der Waals surface area (Å²) in [4.78, 5) is 29.2. The third-order valence-electron chi connectivity index (χ3n) is 6.63. The predicted octanol–water partition coefficient (Wildman–Crippen LogP) is 5.68. The average molecular weight is 452 g/mol. The maximum absolute atomic E-state index is 13.8. The second kappa shape index (κ2) is 9.96. The molecule has 1 aliphatic heterocycles. The zero-order chi connectivity index (χ0) is 23.3. The fourth-order valence-electron chi connectivity index (χ4n) is 4.93. The van der Waals surface area contributed by atoms with Gasteiger partial charge in [0.15, 0.2) is 0 Å². The van der Waals surface area contributed by atoms with Crippen LogP contribution in [0.4, 0.5) is 11.4 Å². The summed E-state index contributed by atoms with van der Waals surface area (Å²) in [5.41, 5.74) is 3.82. The first-order chi connectivity index (χ1) is 16.7. The number of para-hydroxylation sites is 2. The van der Waals surface area contributed by atoms with Gasteiger partial charge in [0.2, 0.25) is 5.91 Å². The third kappa shape index (κ3) is 4.46. The molecule has 34 heavy (non-hydrogen) atoms. The summed E-state index contributed by atoms with van der Waals surface area (Å²) in [5, 5.41) is 6.49. The third-order valence-corrected chi connectivity index (χ3v) is 6.63. The summed E-state index contributed by atoms with van der Waals surface area (Å²) in [6.45, 7) is 0. The molecule has 2 aliphatic rings. The fraction of sp³-hybridized carbons (Fsp3) is 0.241. The molecule has 0 saturated heterocycles. The number of carbonyl (C=O) groups excluding carboxylic acids is 2. The number of benzene rings is 3. The molecule has 1 fully saturated rings. The molecule has 2 N–H and O–H groups in total. The minimum Gasteiger partial charge on any atom is -0.361 e. The van der Waals surface area contributed by atoms with E-state index in [2.05, 4.69) is 10.6 Å². The Balaban J connectivity index is 1.51. The highest BCUT2D eigenvalue weighted by Gasteiger charge is 2.41. The van der Waals surface area contributed by atoms with E-state index in [4.69, 9.17) is 0 Å². The van der Waals surface area contributed by atoms with Gasteiger partial charge in [0.1, 0.15) is 6.04 Å². The van der Waals surface area contributed by atoms with Gasteiger partial charge in [0.05, 0.1) is 11.3 Å². The topological polar surface area (TPSA) is 61.4 Å². The predicted molar refractivity (Wildman–Crippen MR) is 136 cm³/mol. The Morgan fingerprint density at radius 2 is 1.50 bits per heavy atom. The molecule has 1 saturated carbocycles. The van der Waals surface area contributed by atoms with Gasteiger partial charge < -0.3 is 10.6 Å². The van der Waals surface area contributed by atoms with Crippen LogP contribution in [0, 0.1) is 0 Å². The minimum atomic E-state index is -0.737. The minimum absolute atomic E-state index is 0.126. The molecule has 1 unspecified atom stereocenters. The molecule has 1 aliphatic carbocycles. The zero-order valence-electron chi connectivity index (χ0n) is 19.1. The van der Waals surface area contributed by atoms with E-state index in [0.717, 1.165) is 48.2 Å². The van der Waals surface area contributed by atoms with Gasteiger partial charge in [-0.25, -0.2) is 0 Å². The van der Waals surface area contributed by atoms with Crippen LogP contribution in [0.25, 0.3) is 5.57 Å². The monoisotopic (exact) mass is 451 g/mol. The van der Waals surface area contributed by atoms with Crippen molar-refractivity contribution in [3.05, 3.63) is 102 Å². The van der Waals surface area contributed by atoms with Gasteiger partial charge >= 0.3 is 0 Å². The normalized spacial score (nSPS) is 17.9. The number of hydrogen-bond donors (Lipinski definition) is 2. The Labute approximate surface area is 200 Å². The van der Waals surface area contributed by atoms with Crippen molar-refractivity contribution in [2.24, 2.45) is 0 Å². The van der Waals surface area contributed by atoms with E-state index in [1.165, 1.54) is 6.42 Å². The molecule has 0 spiro atoms. The van der Waals surface area contributed by atoms with Gasteiger partial charge in [-0.15, -0.1) is 0 Å². The van der Waals surface area contributed by atoms with Gasteiger partial charge in [-0.2, -0.15) is 0 Å². The Morgan fingerprint density at radius 1 is 0.853 bits per heavy atom. The molecule has 3 aromatic rings. The summed E-state index contributed by atoms with van der Waals surface area (Å²) in [5.74, 6) is -0.309. The molecule has 0 radical (unpaired) electrons. The number of fused-ring (bicyclic) bond motifs is 1. The lowest BCUT2D eigenvalue weighted by Gasteiger charge is -2.31. The summed E-state index contributed by atoms with van der Waals surface area (Å²) in [6.07, 6.45) is 7.20. The number of carbonyl (C=O) groups is 2. The second-order valence-electron chi connectivity index (χ2n) is 8.92. The molecule has 2 amide bonds. The smallest absolute Gasteiger partial charge is 0.261 e. The quantitative estimate of drug-likeness (QED) is 0.474. The highest BCUT2D eigenvalue weighted by molar-refractivity contribution is 6.34. The Hall–Kier alpha value is -3.86. The molecule has 172 valence electrons. The summed E-state index contributed by atoms with van der Waals surface area (Å²) in [6, 6.07) is 26.4. The van der Waals surface area contributed by atoms with Crippen molar-refractivity contribution in [2.45, 2.75) is 44.2 Å². The SMILES string of the molecule is O=C(NC1CCCCC1)C(c1ccccc1)N1C(=O)/C(=C\Nc2ccccc2)c2ccccc21. The maximum atomic E-state index is 13.8. The summed E-state index contributed by atoms with van der Waals surface area (Å²) >= 11 is 0. The van der Waals surface area contributed by atoms with E-state index in [9.17, 15) is 9.59 Å². The highest BCUT2D eigenvalue weighted by atomic mass is 16.2. The number of nitrogens with zero attached hydrogens (tertiary/aromatic N) is 1. The zero-order valence-corrected chi connectivity index (χ0v) is 19.1. The lowest BCUT2D eigenvalue weighted by Crippen LogP contribution is -2.46. The molecular formula is C29H29N3O2. The van der Waals surface area contributed by atoms with Crippen molar-refractivity contribution in [1.29, 1.82) is 0 Å². The van der Waals surface area contributed by atoms with Crippen molar-refractivity contribution in [3.63, 3.8) is 0 Å². The first-order valence-electron chi connectivity index (χ1n) is 12.0. The number of amides is 2. The van der Waals surface area contributed by atoms with Crippen molar-refractivity contribution < 1.29 is 9.59 Å². The Bertz CT molecular complexity index is 1180. The van der Waals surface area contributed by atoms with E-state index < -0.39 is 6.04 Å². The average Bonchev–Trinajstić information content (AvgIpc) is 3.16. The van der Waals surface area contributed by atoms with E-state index in [1.54, 1.807) is 11.1 Å². The van der Waals surface area contributed by atoms with Crippen LogP contribution in [0.2, 0.25) is 0 Å². The molecular weight excluding hydrogens is 422 g/mol. The number of nitrogens with one attached hydrogen (secondary N) is 2. The van der Waals surface area contributed by atoms with Crippen molar-refractivity contribution in [1.82, 2.24) is 5.32 Å². The largest absolute Gasteiger partial charge is 0.361 e. The van der Waals surface area contributed by atoms with Crippen LogP contribution in [0.5, 0.6) is 0 Å². The first kappa shape index (κ1) is 22.0. The molecule has 1 atom stereocenters. The molecule has 0 aromatic heterocycles. The number of hydrogen-bond acceptors (Lipinski definition) is 3. The molecule has 1 heterocycles. The van der Waals surface area contributed by atoms with Crippen molar-refractivity contribution in [3.8, 4) is 0 Å². The van der Waals surface area contributed by atoms with Crippen LogP contribution in [-0.2, 0) is 9.59 Å². The van der Waals surface area contributed by atoms with Gasteiger partial charge in [-0.1, -0.05) is 86.0 Å². The van der Waals surface area contributed by atoms with Crippen molar-refractivity contribution >= 4 is 28.8 Å². The maximum Gasteiger partial charge on any atom is 0.261 e. The van der Waals surface area contributed by atoms with Crippen LogP contribution < -0.4 is 15.5 Å². The molecule has 5 nitrogen and oxygen atoms in total. The lowest BCUT2D eigenvalue weighted by molar-refractivity contribution is -0.125. The Kier molecular flexibility index (Phi) is 6.43. The van der Waals surface area contributed by atoms with Crippen LogP contribution in [0.3, 0.4) is 0 Å². The van der Waals surface area contributed by atoms with Crippen LogP contribution in [0.1, 0.15) is 49.3 Å². The van der Waals surface area contributed by atoms with Gasteiger partial charge in [0.25, 0.3) is 5.91 Å². The van der Waals surface area contributed by atoms with Gasteiger partial charge in [0, 0.05) is 23.5 Å². The molecule has 3 aromatic carbocycles. The molecule has 5 rings (SSSR count). The first-order valence-corrected chi connectivity index (χ1v) is 12.0. The van der Waals surface area contributed by atoms with Crippen LogP contribution >= 0.6 is 0 Å². The van der Waals surface area contributed by atoms with E-state index in [1.807, 2.05) is 84.9 Å². The van der Waals surface area contributed by atoms with E-state index >= 15 is 0 Å². The molecule has 0 bridgehead atoms. The molecule has 5 heteroatoms. The lowest BCUT2D eigenvalue weighted by atomic mass is 9.94.